The predicted molar refractivity (Wildman–Crippen MR) is 97.9 cm³/mol. The number of amides is 1. The molecule has 3 aromatic rings. The zero-order valence-corrected chi connectivity index (χ0v) is 14.2. The molecule has 0 bridgehead atoms. The van der Waals surface area contributed by atoms with E-state index in [0.29, 0.717) is 12.1 Å². The van der Waals surface area contributed by atoms with Gasteiger partial charge in [-0.1, -0.05) is 29.8 Å². The van der Waals surface area contributed by atoms with Crippen LogP contribution < -0.4 is 10.9 Å². The largest absolute Gasteiger partial charge is 0.317 e. The van der Waals surface area contributed by atoms with Gasteiger partial charge in [-0.05, 0) is 43.2 Å². The average Bonchev–Trinajstić information content (AvgIpc) is 2.61. The van der Waals surface area contributed by atoms with Gasteiger partial charge in [0.25, 0.3) is 11.5 Å². The van der Waals surface area contributed by atoms with Crippen LogP contribution in [0.3, 0.4) is 0 Å². The highest BCUT2D eigenvalue weighted by molar-refractivity contribution is 6.04. The van der Waals surface area contributed by atoms with Gasteiger partial charge in [0.15, 0.2) is 0 Å². The van der Waals surface area contributed by atoms with Crippen molar-refractivity contribution in [3.63, 3.8) is 0 Å². The molecule has 0 aliphatic heterocycles. The van der Waals surface area contributed by atoms with Crippen LogP contribution in [0.15, 0.2) is 65.8 Å². The first-order valence-corrected chi connectivity index (χ1v) is 8.01. The van der Waals surface area contributed by atoms with Gasteiger partial charge >= 0.3 is 0 Å². The van der Waals surface area contributed by atoms with E-state index in [4.69, 9.17) is 0 Å². The highest BCUT2D eigenvalue weighted by Gasteiger charge is 2.11. The fraction of sp³-hybridized carbons (Fsp3) is 0.150. The number of anilines is 1. The Balaban J connectivity index is 1.88. The molecule has 0 aliphatic carbocycles. The Kier molecular flexibility index (Phi) is 4.75. The molecule has 3 rings (SSSR count). The molecule has 0 saturated carbocycles. The van der Waals surface area contributed by atoms with Crippen molar-refractivity contribution in [2.45, 2.75) is 20.4 Å². The maximum absolute atomic E-state index is 12.7. The number of carbonyl (C=O) groups excluding carboxylic acids is 1. The summed E-state index contributed by atoms with van der Waals surface area (Å²) in [5, 5.41) is 2.70. The molecule has 126 valence electrons. The molecule has 1 N–H and O–H groups in total. The second-order valence-electron chi connectivity index (χ2n) is 6.04. The normalized spacial score (nSPS) is 10.5. The number of carbonyl (C=O) groups is 1. The quantitative estimate of drug-likeness (QED) is 0.798. The van der Waals surface area contributed by atoms with E-state index in [0.717, 1.165) is 11.1 Å². The Bertz CT molecular complexity index is 945. The third-order valence-corrected chi connectivity index (χ3v) is 3.89. The van der Waals surface area contributed by atoms with E-state index in [9.17, 15) is 9.59 Å². The van der Waals surface area contributed by atoms with Crippen LogP contribution in [0.1, 0.15) is 27.0 Å². The van der Waals surface area contributed by atoms with Crippen LogP contribution in [0.5, 0.6) is 0 Å². The van der Waals surface area contributed by atoms with Gasteiger partial charge in [-0.2, -0.15) is 0 Å². The van der Waals surface area contributed by atoms with E-state index in [1.165, 1.54) is 5.56 Å². The summed E-state index contributed by atoms with van der Waals surface area (Å²) in [6, 6.07) is 12.9. The van der Waals surface area contributed by atoms with E-state index < -0.39 is 0 Å². The molecule has 1 amide bonds. The molecule has 25 heavy (non-hydrogen) atoms. The van der Waals surface area contributed by atoms with Crippen LogP contribution in [0.4, 0.5) is 5.69 Å². The topological polar surface area (TPSA) is 64.0 Å². The second-order valence-corrected chi connectivity index (χ2v) is 6.04. The maximum atomic E-state index is 12.7. The number of rotatable bonds is 4. The van der Waals surface area contributed by atoms with Crippen molar-refractivity contribution < 1.29 is 4.79 Å². The summed E-state index contributed by atoms with van der Waals surface area (Å²) in [5.74, 6) is -0.327. The van der Waals surface area contributed by atoms with Gasteiger partial charge in [0.2, 0.25) is 0 Å². The summed E-state index contributed by atoms with van der Waals surface area (Å²) >= 11 is 0. The number of hydrogen-bond donors (Lipinski definition) is 1. The first-order valence-electron chi connectivity index (χ1n) is 8.01. The summed E-state index contributed by atoms with van der Waals surface area (Å²) < 4.78 is 1.61. The van der Waals surface area contributed by atoms with Crippen LogP contribution in [0, 0.1) is 13.8 Å². The lowest BCUT2D eigenvalue weighted by Crippen LogP contribution is -2.26. The van der Waals surface area contributed by atoms with Crippen LogP contribution >= 0.6 is 0 Å². The third-order valence-electron chi connectivity index (χ3n) is 3.89. The van der Waals surface area contributed by atoms with E-state index in [1.54, 1.807) is 41.4 Å². The van der Waals surface area contributed by atoms with Gasteiger partial charge in [0.1, 0.15) is 5.69 Å². The molecule has 0 saturated heterocycles. The number of nitrogens with one attached hydrogen (secondary N) is 1. The van der Waals surface area contributed by atoms with Crippen LogP contribution in [0.2, 0.25) is 0 Å². The zero-order valence-electron chi connectivity index (χ0n) is 14.2. The van der Waals surface area contributed by atoms with Gasteiger partial charge in [-0.25, -0.2) is 0 Å². The molecular weight excluding hydrogens is 314 g/mol. The molecule has 2 aromatic heterocycles. The Morgan fingerprint density at radius 3 is 2.40 bits per heavy atom. The SMILES string of the molecule is Cc1ccc(Cn2cc(C)cc(NC(=O)c3ccncc3)c2=O)cc1. The highest BCUT2D eigenvalue weighted by atomic mass is 16.2. The lowest BCUT2D eigenvalue weighted by Gasteiger charge is -2.11. The predicted octanol–water partition coefficient (Wildman–Crippen LogP) is 3.16. The number of nitrogens with zero attached hydrogens (tertiary/aromatic N) is 2. The summed E-state index contributed by atoms with van der Waals surface area (Å²) in [6.45, 7) is 4.38. The molecule has 0 aliphatic rings. The maximum Gasteiger partial charge on any atom is 0.274 e. The monoisotopic (exact) mass is 333 g/mol. The zero-order chi connectivity index (χ0) is 17.8. The van der Waals surface area contributed by atoms with Crippen molar-refractivity contribution in [2.24, 2.45) is 0 Å². The molecule has 1 aromatic carbocycles. The highest BCUT2D eigenvalue weighted by Crippen LogP contribution is 2.10. The van der Waals surface area contributed by atoms with Crippen molar-refractivity contribution in [1.29, 1.82) is 0 Å². The standard InChI is InChI=1S/C20H19N3O2/c1-14-3-5-16(6-4-14)13-23-12-15(2)11-18(20(23)25)22-19(24)17-7-9-21-10-8-17/h3-12H,13H2,1-2H3,(H,22,24). The van der Waals surface area contributed by atoms with Gasteiger partial charge < -0.3 is 9.88 Å². The molecule has 0 fully saturated rings. The first kappa shape index (κ1) is 16.6. The molecule has 5 heteroatoms. The smallest absolute Gasteiger partial charge is 0.274 e. The fourth-order valence-corrected chi connectivity index (χ4v) is 2.58. The number of benzene rings is 1. The molecular formula is C20H19N3O2. The molecule has 0 spiro atoms. The molecule has 0 radical (unpaired) electrons. The molecule has 0 atom stereocenters. The van der Waals surface area contributed by atoms with E-state index in [2.05, 4.69) is 10.3 Å². The average molecular weight is 333 g/mol. The summed E-state index contributed by atoms with van der Waals surface area (Å²) in [6.07, 6.45) is 4.88. The lowest BCUT2D eigenvalue weighted by atomic mass is 10.1. The summed E-state index contributed by atoms with van der Waals surface area (Å²) in [4.78, 5) is 28.9. The lowest BCUT2D eigenvalue weighted by molar-refractivity contribution is 0.102. The van der Waals surface area contributed by atoms with E-state index in [1.807, 2.05) is 38.1 Å². The van der Waals surface area contributed by atoms with Crippen LogP contribution in [-0.2, 0) is 6.54 Å². The Labute approximate surface area is 146 Å². The minimum Gasteiger partial charge on any atom is -0.317 e. The molecule has 2 heterocycles. The van der Waals surface area contributed by atoms with Crippen molar-refractivity contribution in [3.8, 4) is 0 Å². The minimum absolute atomic E-state index is 0.228. The Morgan fingerprint density at radius 2 is 1.72 bits per heavy atom. The van der Waals surface area contributed by atoms with Crippen molar-refractivity contribution in [1.82, 2.24) is 9.55 Å². The third kappa shape index (κ3) is 4.01. The second kappa shape index (κ2) is 7.13. The number of aryl methyl sites for hydroxylation is 2. The number of pyridine rings is 2. The number of aromatic nitrogens is 2. The molecule has 0 unspecified atom stereocenters. The minimum atomic E-state index is -0.327. The van der Waals surface area contributed by atoms with Crippen molar-refractivity contribution >= 4 is 11.6 Å². The van der Waals surface area contributed by atoms with Crippen molar-refractivity contribution in [3.05, 3.63) is 93.7 Å². The first-order chi connectivity index (χ1) is 12.0. The Hall–Kier alpha value is -3.21. The van der Waals surface area contributed by atoms with Gasteiger partial charge in [-0.3, -0.25) is 14.6 Å². The summed E-state index contributed by atoms with van der Waals surface area (Å²) in [5.41, 5.74) is 3.61. The number of hydrogen-bond acceptors (Lipinski definition) is 3. The Morgan fingerprint density at radius 1 is 1.04 bits per heavy atom. The fourth-order valence-electron chi connectivity index (χ4n) is 2.58. The van der Waals surface area contributed by atoms with Gasteiger partial charge in [0, 0.05) is 24.2 Å². The van der Waals surface area contributed by atoms with E-state index >= 15 is 0 Å². The van der Waals surface area contributed by atoms with Crippen LogP contribution in [-0.4, -0.2) is 15.5 Å². The van der Waals surface area contributed by atoms with Crippen LogP contribution in [0.25, 0.3) is 0 Å². The van der Waals surface area contributed by atoms with Gasteiger partial charge in [0.05, 0.1) is 6.54 Å². The van der Waals surface area contributed by atoms with Crippen molar-refractivity contribution in [2.75, 3.05) is 5.32 Å². The molecule has 5 nitrogen and oxygen atoms in total. The summed E-state index contributed by atoms with van der Waals surface area (Å²) in [7, 11) is 0. The van der Waals surface area contributed by atoms with Gasteiger partial charge in [-0.15, -0.1) is 0 Å². The van der Waals surface area contributed by atoms with E-state index in [-0.39, 0.29) is 17.2 Å².